The zero-order valence-electron chi connectivity index (χ0n) is 16.1. The van der Waals surface area contributed by atoms with Crippen LogP contribution >= 0.6 is 0 Å². The summed E-state index contributed by atoms with van der Waals surface area (Å²) in [6.45, 7) is 3.03. The van der Waals surface area contributed by atoms with Gasteiger partial charge in [0, 0.05) is 25.7 Å². The van der Waals surface area contributed by atoms with E-state index in [9.17, 15) is 29.3 Å². The number of ketones is 1. The first-order valence-corrected chi connectivity index (χ1v) is 8.58. The molecule has 0 aliphatic heterocycles. The zero-order chi connectivity index (χ0) is 21.9. The average molecular weight is 404 g/mol. The molecule has 0 fully saturated rings. The molecule has 0 saturated heterocycles. The Morgan fingerprint density at radius 1 is 1.28 bits per heavy atom. The van der Waals surface area contributed by atoms with Crippen molar-refractivity contribution in [3.8, 4) is 0 Å². The highest BCUT2D eigenvalue weighted by Crippen LogP contribution is 2.14. The number of anilines is 1. The normalized spacial score (nSPS) is 10.8. The maximum absolute atomic E-state index is 12.5. The number of hydrogen-bond donors (Lipinski definition) is 1. The SMILES string of the molecule is CC(C)Cn1c(N)c(C(=O)COC(=O)c2cccc([N+](=O)[O-])c2)c(=O)n(C)c1=O. The zero-order valence-corrected chi connectivity index (χ0v) is 16.1. The Morgan fingerprint density at radius 3 is 2.52 bits per heavy atom. The number of carbonyl (C=O) groups is 2. The van der Waals surface area contributed by atoms with E-state index in [4.69, 9.17) is 10.5 Å². The number of Topliss-reactive ketones (excluding diaryl/α,β-unsaturated/α-hetero) is 1. The molecule has 2 aromatic rings. The van der Waals surface area contributed by atoms with Crippen molar-refractivity contribution in [1.82, 2.24) is 9.13 Å². The standard InChI is InChI=1S/C18H20N4O7/c1-10(2)8-21-15(19)14(16(24)20(3)18(21)26)13(23)9-29-17(25)11-5-4-6-12(7-11)22(27)28/h4-7,10H,8-9,19H2,1-3H3. The van der Waals surface area contributed by atoms with Gasteiger partial charge in [0.1, 0.15) is 11.4 Å². The molecule has 1 aromatic heterocycles. The van der Waals surface area contributed by atoms with E-state index >= 15 is 0 Å². The number of nitro groups is 1. The third kappa shape index (κ3) is 4.57. The van der Waals surface area contributed by atoms with Crippen molar-refractivity contribution in [1.29, 1.82) is 0 Å². The Morgan fingerprint density at radius 2 is 1.93 bits per heavy atom. The number of aromatic nitrogens is 2. The monoisotopic (exact) mass is 404 g/mol. The van der Waals surface area contributed by atoms with Gasteiger partial charge in [0.2, 0.25) is 5.78 Å². The molecule has 0 atom stereocenters. The van der Waals surface area contributed by atoms with Crippen molar-refractivity contribution in [2.24, 2.45) is 13.0 Å². The average Bonchev–Trinajstić information content (AvgIpc) is 2.67. The summed E-state index contributed by atoms with van der Waals surface area (Å²) in [5.74, 6) is -2.15. The molecule has 0 aliphatic rings. The molecule has 154 valence electrons. The topological polar surface area (TPSA) is 157 Å². The quantitative estimate of drug-likeness (QED) is 0.306. The first kappa shape index (κ1) is 21.5. The van der Waals surface area contributed by atoms with Crippen molar-refractivity contribution in [2.75, 3.05) is 12.3 Å². The molecule has 1 aromatic carbocycles. The minimum absolute atomic E-state index is 0.0159. The Kier molecular flexibility index (Phi) is 6.32. The molecule has 11 nitrogen and oxygen atoms in total. The van der Waals surface area contributed by atoms with Gasteiger partial charge in [0.05, 0.1) is 10.5 Å². The second-order valence-electron chi connectivity index (χ2n) is 6.72. The number of nitrogens with two attached hydrogens (primary N) is 1. The lowest BCUT2D eigenvalue weighted by Crippen LogP contribution is -2.43. The van der Waals surface area contributed by atoms with Crippen molar-refractivity contribution in [3.63, 3.8) is 0 Å². The Balaban J connectivity index is 2.29. The highest BCUT2D eigenvalue weighted by Gasteiger charge is 2.23. The summed E-state index contributed by atoms with van der Waals surface area (Å²) in [5, 5.41) is 10.8. The number of nitro benzene ring substituents is 1. The number of rotatable bonds is 7. The molecular weight excluding hydrogens is 384 g/mol. The van der Waals surface area contributed by atoms with E-state index in [1.165, 1.54) is 25.2 Å². The second-order valence-corrected chi connectivity index (χ2v) is 6.72. The van der Waals surface area contributed by atoms with E-state index in [0.29, 0.717) is 0 Å². The van der Waals surface area contributed by atoms with Crippen molar-refractivity contribution in [3.05, 3.63) is 66.3 Å². The highest BCUT2D eigenvalue weighted by atomic mass is 16.6. The molecule has 0 amide bonds. The predicted octanol–water partition coefficient (Wildman–Crippen LogP) is 0.733. The van der Waals surface area contributed by atoms with Gasteiger partial charge in [-0.25, -0.2) is 9.59 Å². The van der Waals surface area contributed by atoms with Gasteiger partial charge in [-0.1, -0.05) is 19.9 Å². The van der Waals surface area contributed by atoms with Gasteiger partial charge in [-0.3, -0.25) is 28.8 Å². The van der Waals surface area contributed by atoms with Gasteiger partial charge >= 0.3 is 11.7 Å². The van der Waals surface area contributed by atoms with Gasteiger partial charge in [-0.15, -0.1) is 0 Å². The first-order chi connectivity index (χ1) is 13.5. The van der Waals surface area contributed by atoms with E-state index < -0.39 is 40.1 Å². The maximum Gasteiger partial charge on any atom is 0.338 e. The van der Waals surface area contributed by atoms with Gasteiger partial charge < -0.3 is 10.5 Å². The van der Waals surface area contributed by atoms with Gasteiger partial charge in [-0.05, 0) is 12.0 Å². The lowest BCUT2D eigenvalue weighted by Gasteiger charge is -2.16. The van der Waals surface area contributed by atoms with Crippen LogP contribution in [0.4, 0.5) is 11.5 Å². The lowest BCUT2D eigenvalue weighted by atomic mass is 10.1. The van der Waals surface area contributed by atoms with Crippen molar-refractivity contribution < 1.29 is 19.2 Å². The first-order valence-electron chi connectivity index (χ1n) is 8.58. The Labute approximate surface area is 164 Å². The van der Waals surface area contributed by atoms with Crippen LogP contribution in [-0.4, -0.2) is 32.4 Å². The Hall–Kier alpha value is -3.76. The summed E-state index contributed by atoms with van der Waals surface area (Å²) in [6, 6.07) is 4.79. The molecule has 2 rings (SSSR count). The molecule has 0 bridgehead atoms. The summed E-state index contributed by atoms with van der Waals surface area (Å²) in [7, 11) is 1.22. The summed E-state index contributed by atoms with van der Waals surface area (Å²) in [4.78, 5) is 59.3. The van der Waals surface area contributed by atoms with Crippen molar-refractivity contribution >= 4 is 23.3 Å². The molecule has 29 heavy (non-hydrogen) atoms. The third-order valence-corrected chi connectivity index (χ3v) is 4.04. The molecule has 0 unspecified atom stereocenters. The predicted molar refractivity (Wildman–Crippen MR) is 103 cm³/mol. The summed E-state index contributed by atoms with van der Waals surface area (Å²) in [6.07, 6.45) is 0. The minimum atomic E-state index is -0.979. The number of nitrogens with zero attached hydrogens (tertiary/aromatic N) is 3. The number of nitrogen functional groups attached to an aromatic ring is 1. The number of hydrogen-bond acceptors (Lipinski definition) is 8. The van der Waals surface area contributed by atoms with Gasteiger partial charge in [-0.2, -0.15) is 0 Å². The largest absolute Gasteiger partial charge is 0.454 e. The van der Waals surface area contributed by atoms with E-state index in [1.54, 1.807) is 0 Å². The van der Waals surface area contributed by atoms with Crippen LogP contribution in [0.5, 0.6) is 0 Å². The fraction of sp³-hybridized carbons (Fsp3) is 0.333. The third-order valence-electron chi connectivity index (χ3n) is 4.04. The van der Waals surface area contributed by atoms with Gasteiger partial charge in [0.25, 0.3) is 11.2 Å². The molecule has 0 saturated carbocycles. The van der Waals surface area contributed by atoms with E-state index in [1.807, 2.05) is 13.8 Å². The molecule has 0 radical (unpaired) electrons. The Bertz CT molecular complexity index is 1100. The molecule has 11 heteroatoms. The molecule has 0 aliphatic carbocycles. The number of esters is 1. The molecule has 0 spiro atoms. The van der Waals surface area contributed by atoms with Crippen LogP contribution in [0.1, 0.15) is 34.6 Å². The highest BCUT2D eigenvalue weighted by molar-refractivity contribution is 6.02. The number of carbonyl (C=O) groups excluding carboxylic acids is 2. The summed E-state index contributed by atoms with van der Waals surface area (Å²) >= 11 is 0. The molecule has 1 heterocycles. The van der Waals surface area contributed by atoms with Crippen LogP contribution in [0.2, 0.25) is 0 Å². The van der Waals surface area contributed by atoms with E-state index in [-0.39, 0.29) is 29.5 Å². The molecular formula is C18H20N4O7. The summed E-state index contributed by atoms with van der Waals surface area (Å²) in [5.41, 5.74) is 3.43. The van der Waals surface area contributed by atoms with Crippen LogP contribution in [0, 0.1) is 16.0 Å². The van der Waals surface area contributed by atoms with Crippen LogP contribution in [0.15, 0.2) is 33.9 Å². The van der Waals surface area contributed by atoms with Crippen LogP contribution in [0.25, 0.3) is 0 Å². The van der Waals surface area contributed by atoms with Crippen LogP contribution in [0.3, 0.4) is 0 Å². The number of non-ortho nitro benzene ring substituents is 1. The minimum Gasteiger partial charge on any atom is -0.454 e. The van der Waals surface area contributed by atoms with Gasteiger partial charge in [0.15, 0.2) is 6.61 Å². The maximum atomic E-state index is 12.5. The fourth-order valence-electron chi connectivity index (χ4n) is 2.62. The molecule has 2 N–H and O–H groups in total. The van der Waals surface area contributed by atoms with E-state index in [2.05, 4.69) is 0 Å². The van der Waals surface area contributed by atoms with Crippen molar-refractivity contribution in [2.45, 2.75) is 20.4 Å². The fourth-order valence-corrected chi connectivity index (χ4v) is 2.62. The second kappa shape index (κ2) is 8.50. The lowest BCUT2D eigenvalue weighted by molar-refractivity contribution is -0.384. The van der Waals surface area contributed by atoms with Crippen LogP contribution in [-0.2, 0) is 18.3 Å². The van der Waals surface area contributed by atoms with Crippen LogP contribution < -0.4 is 17.0 Å². The number of benzene rings is 1. The summed E-state index contributed by atoms with van der Waals surface area (Å²) < 4.78 is 6.75. The smallest absolute Gasteiger partial charge is 0.338 e. The number of ether oxygens (including phenoxy) is 1. The van der Waals surface area contributed by atoms with E-state index in [0.717, 1.165) is 15.2 Å².